The van der Waals surface area contributed by atoms with Gasteiger partial charge in [0.1, 0.15) is 0 Å². The van der Waals surface area contributed by atoms with Crippen LogP contribution in [0.2, 0.25) is 0 Å². The molecule has 0 heterocycles. The molecule has 1 spiro atoms. The largest absolute Gasteiger partial charge is 0.310 e. The van der Waals surface area contributed by atoms with Crippen molar-refractivity contribution in [1.29, 1.82) is 0 Å². The highest BCUT2D eigenvalue weighted by Crippen LogP contribution is 2.70. The highest BCUT2D eigenvalue weighted by atomic mass is 15.1. The van der Waals surface area contributed by atoms with Gasteiger partial charge in [-0.05, 0) is 148 Å². The van der Waals surface area contributed by atoms with Crippen molar-refractivity contribution in [1.82, 2.24) is 0 Å². The van der Waals surface area contributed by atoms with E-state index in [0.717, 1.165) is 11.8 Å². The van der Waals surface area contributed by atoms with Crippen molar-refractivity contribution in [3.8, 4) is 11.1 Å². The van der Waals surface area contributed by atoms with E-state index in [9.17, 15) is 0 Å². The minimum Gasteiger partial charge on any atom is -0.310 e. The minimum atomic E-state index is -0.451. The van der Waals surface area contributed by atoms with Crippen molar-refractivity contribution in [2.45, 2.75) is 62.2 Å². The number of anilines is 3. The fourth-order valence-electron chi connectivity index (χ4n) is 13.6. The summed E-state index contributed by atoms with van der Waals surface area (Å²) >= 11 is 0. The van der Waals surface area contributed by atoms with Crippen LogP contribution in [0.4, 0.5) is 17.1 Å². The van der Waals surface area contributed by atoms with E-state index in [4.69, 9.17) is 0 Å². The highest BCUT2D eigenvalue weighted by Gasteiger charge is 2.63. The number of nitrogens with zero attached hydrogens (tertiary/aromatic N) is 1. The maximum absolute atomic E-state index is 2.69. The normalized spacial score (nSPS) is 25.0. The zero-order chi connectivity index (χ0) is 37.9. The molecule has 6 aliphatic carbocycles. The minimum absolute atomic E-state index is 0.0354. The van der Waals surface area contributed by atoms with Crippen LogP contribution in [0.3, 0.4) is 0 Å². The van der Waals surface area contributed by atoms with E-state index >= 15 is 0 Å². The van der Waals surface area contributed by atoms with E-state index in [1.807, 2.05) is 0 Å². The van der Waals surface area contributed by atoms with Crippen LogP contribution < -0.4 is 4.90 Å². The monoisotopic (exact) mass is 735 g/mol. The van der Waals surface area contributed by atoms with Gasteiger partial charge >= 0.3 is 0 Å². The van der Waals surface area contributed by atoms with Crippen LogP contribution >= 0.6 is 0 Å². The number of hydrogen-bond donors (Lipinski definition) is 0. The standard InChI is InChI=1S/C56H49N/c1-54(2)48-23-13-12-22-46(48)47-28-26-44(35-52(47)54)57(43-20-10-5-11-21-43)45-27-29-51-53(36-45)56(41-31-37-30-38(33-41)34-42(56)32-37)50-25-15-14-24-49(50)55(51,39-16-6-3-7-17-39)40-18-8-4-9-19-40/h3-29,35-38,41-42H,30-34H2,1-2H3. The maximum atomic E-state index is 2.69. The molecule has 7 aromatic carbocycles. The van der Waals surface area contributed by atoms with Crippen molar-refractivity contribution in [3.63, 3.8) is 0 Å². The average Bonchev–Trinajstić information content (AvgIpc) is 3.48. The first kappa shape index (κ1) is 33.5. The van der Waals surface area contributed by atoms with Crippen LogP contribution in [-0.2, 0) is 16.2 Å². The molecule has 278 valence electrons. The number of fused-ring (bicyclic) bond motifs is 5. The van der Waals surface area contributed by atoms with Crippen LogP contribution in [0.25, 0.3) is 11.1 Å². The van der Waals surface area contributed by atoms with Gasteiger partial charge in [-0.25, -0.2) is 0 Å². The summed E-state index contributed by atoms with van der Waals surface area (Å²) in [7, 11) is 0. The summed E-state index contributed by atoms with van der Waals surface area (Å²) in [6, 6.07) is 67.7. The second kappa shape index (κ2) is 12.2. The molecule has 6 aliphatic rings. The SMILES string of the molecule is CC1(C)c2ccccc2-c2ccc(N(c3ccccc3)c3ccc4c(c3)C3(c5ccccc5C4(c4ccccc4)c4ccccc4)C4CC5CC(C4)CC3C5)cc21. The van der Waals surface area contributed by atoms with Gasteiger partial charge in [0.2, 0.25) is 0 Å². The number of benzene rings is 7. The van der Waals surface area contributed by atoms with Gasteiger partial charge in [0.25, 0.3) is 0 Å². The molecular weight excluding hydrogens is 687 g/mol. The predicted octanol–water partition coefficient (Wildman–Crippen LogP) is 13.9. The molecule has 7 aromatic rings. The first-order valence-corrected chi connectivity index (χ1v) is 21.4. The summed E-state index contributed by atoms with van der Waals surface area (Å²) in [5.41, 5.74) is 17.4. The summed E-state index contributed by atoms with van der Waals surface area (Å²) in [4.78, 5) is 2.55. The second-order valence-corrected chi connectivity index (χ2v) is 18.5. The maximum Gasteiger partial charge on any atom is 0.0707 e. The molecule has 1 heteroatoms. The molecular formula is C56H49N. The van der Waals surface area contributed by atoms with Crippen molar-refractivity contribution < 1.29 is 0 Å². The summed E-state index contributed by atoms with van der Waals surface area (Å²) in [5, 5.41) is 0. The Morgan fingerprint density at radius 3 is 1.49 bits per heavy atom. The molecule has 0 saturated heterocycles. The summed E-state index contributed by atoms with van der Waals surface area (Å²) in [6.07, 6.45) is 6.82. The summed E-state index contributed by atoms with van der Waals surface area (Å²) < 4.78 is 0. The van der Waals surface area contributed by atoms with Crippen molar-refractivity contribution in [2.24, 2.45) is 23.7 Å². The molecule has 4 saturated carbocycles. The van der Waals surface area contributed by atoms with Gasteiger partial charge in [-0.15, -0.1) is 0 Å². The molecule has 4 bridgehead atoms. The molecule has 4 fully saturated rings. The Kier molecular flexibility index (Phi) is 7.15. The third kappa shape index (κ3) is 4.46. The van der Waals surface area contributed by atoms with Gasteiger partial charge in [0, 0.05) is 27.9 Å². The molecule has 0 unspecified atom stereocenters. The Morgan fingerprint density at radius 2 is 0.860 bits per heavy atom. The van der Waals surface area contributed by atoms with Crippen LogP contribution in [0.5, 0.6) is 0 Å². The lowest BCUT2D eigenvalue weighted by Crippen LogP contribution is -2.59. The number of hydrogen-bond acceptors (Lipinski definition) is 1. The molecule has 0 radical (unpaired) electrons. The average molecular weight is 736 g/mol. The molecule has 0 aliphatic heterocycles. The third-order valence-corrected chi connectivity index (χ3v) is 15.6. The lowest BCUT2D eigenvalue weighted by atomic mass is 9.38. The summed E-state index contributed by atoms with van der Waals surface area (Å²) in [6.45, 7) is 4.79. The van der Waals surface area contributed by atoms with Crippen molar-refractivity contribution in [2.75, 3.05) is 4.90 Å². The molecule has 0 aromatic heterocycles. The zero-order valence-corrected chi connectivity index (χ0v) is 33.0. The van der Waals surface area contributed by atoms with Crippen LogP contribution in [-0.4, -0.2) is 0 Å². The van der Waals surface area contributed by atoms with E-state index in [1.165, 1.54) is 93.7 Å². The van der Waals surface area contributed by atoms with E-state index in [1.54, 1.807) is 11.1 Å². The van der Waals surface area contributed by atoms with E-state index in [-0.39, 0.29) is 10.8 Å². The van der Waals surface area contributed by atoms with Crippen LogP contribution in [0.15, 0.2) is 176 Å². The number of rotatable bonds is 5. The van der Waals surface area contributed by atoms with Gasteiger partial charge in [-0.1, -0.05) is 153 Å². The first-order chi connectivity index (χ1) is 28.0. The van der Waals surface area contributed by atoms with Gasteiger partial charge < -0.3 is 4.90 Å². The van der Waals surface area contributed by atoms with E-state index in [0.29, 0.717) is 11.8 Å². The van der Waals surface area contributed by atoms with Crippen LogP contribution in [0.1, 0.15) is 90.5 Å². The van der Waals surface area contributed by atoms with Gasteiger partial charge in [0.05, 0.1) is 5.41 Å². The Hall–Kier alpha value is -5.66. The predicted molar refractivity (Wildman–Crippen MR) is 235 cm³/mol. The first-order valence-electron chi connectivity index (χ1n) is 21.4. The van der Waals surface area contributed by atoms with E-state index < -0.39 is 5.41 Å². The fourth-order valence-corrected chi connectivity index (χ4v) is 13.6. The molecule has 13 rings (SSSR count). The van der Waals surface area contributed by atoms with Crippen LogP contribution in [0, 0.1) is 23.7 Å². The van der Waals surface area contributed by atoms with Crippen molar-refractivity contribution >= 4 is 17.1 Å². The van der Waals surface area contributed by atoms with Gasteiger partial charge in [-0.3, -0.25) is 0 Å². The smallest absolute Gasteiger partial charge is 0.0707 e. The lowest BCUT2D eigenvalue weighted by molar-refractivity contribution is -0.0440. The van der Waals surface area contributed by atoms with Gasteiger partial charge in [0.15, 0.2) is 0 Å². The topological polar surface area (TPSA) is 3.24 Å². The Balaban J connectivity index is 1.15. The molecule has 0 amide bonds. The second-order valence-electron chi connectivity index (χ2n) is 18.5. The van der Waals surface area contributed by atoms with E-state index in [2.05, 4.69) is 195 Å². The third-order valence-electron chi connectivity index (χ3n) is 15.6. The summed E-state index contributed by atoms with van der Waals surface area (Å²) in [5.74, 6) is 3.01. The Morgan fingerprint density at radius 1 is 0.386 bits per heavy atom. The Bertz CT molecular complexity index is 2600. The molecule has 0 N–H and O–H groups in total. The zero-order valence-electron chi connectivity index (χ0n) is 33.0. The molecule has 0 atom stereocenters. The van der Waals surface area contributed by atoms with Crippen molar-refractivity contribution in [3.05, 3.63) is 220 Å². The molecule has 57 heavy (non-hydrogen) atoms. The Labute approximate surface area is 338 Å². The quantitative estimate of drug-likeness (QED) is 0.170. The lowest BCUT2D eigenvalue weighted by Gasteiger charge is -2.65. The van der Waals surface area contributed by atoms with Gasteiger partial charge in [-0.2, -0.15) is 0 Å². The molecule has 1 nitrogen and oxygen atoms in total. The fraction of sp³-hybridized carbons (Fsp3) is 0.250. The number of para-hydroxylation sites is 1. The highest BCUT2D eigenvalue weighted by molar-refractivity contribution is 5.86.